The molecule has 0 aliphatic heterocycles. The number of carbonyl (C=O) groups is 1. The molecule has 148 valence electrons. The zero-order valence-electron chi connectivity index (χ0n) is 16.2. The second-order valence-electron chi connectivity index (χ2n) is 7.76. The summed E-state index contributed by atoms with van der Waals surface area (Å²) in [6.07, 6.45) is 6.24. The number of carbonyl (C=O) groups excluding carboxylic acids is 1. The molecule has 0 aromatic carbocycles. The molecule has 0 radical (unpaired) electrons. The molecule has 2 heterocycles. The van der Waals surface area contributed by atoms with E-state index < -0.39 is 5.54 Å². The van der Waals surface area contributed by atoms with Crippen molar-refractivity contribution in [3.8, 4) is 6.07 Å². The van der Waals surface area contributed by atoms with Gasteiger partial charge in [0.15, 0.2) is 5.16 Å². The van der Waals surface area contributed by atoms with Gasteiger partial charge in [-0.2, -0.15) is 5.26 Å². The second kappa shape index (κ2) is 7.53. The highest BCUT2D eigenvalue weighted by Gasteiger charge is 2.43. The molecule has 1 amide bonds. The Hall–Kier alpha value is -1.85. The predicted molar refractivity (Wildman–Crippen MR) is 112 cm³/mol. The van der Waals surface area contributed by atoms with Crippen LogP contribution in [0.5, 0.6) is 0 Å². The molecule has 2 aliphatic carbocycles. The lowest BCUT2D eigenvalue weighted by atomic mass is 9.97. The standard InChI is InChI=1S/C20H24N4O2S2/c1-3-24-18(26)16-13-6-4-5-7-14(13)28-17(16)22-19(24)27-10-15(25)23-20(2,11-21)12-8-9-12/h12H,3-10H2,1-2H3,(H,23,25)/t20-/m1/s1. The summed E-state index contributed by atoms with van der Waals surface area (Å²) in [7, 11) is 0. The smallest absolute Gasteiger partial charge is 0.263 e. The Morgan fingerprint density at radius 2 is 2.18 bits per heavy atom. The zero-order valence-corrected chi connectivity index (χ0v) is 17.8. The Bertz CT molecular complexity index is 1030. The minimum Gasteiger partial charge on any atom is -0.337 e. The van der Waals surface area contributed by atoms with E-state index in [2.05, 4.69) is 11.4 Å². The summed E-state index contributed by atoms with van der Waals surface area (Å²) < 4.78 is 1.67. The quantitative estimate of drug-likeness (QED) is 0.577. The number of nitrogens with one attached hydrogen (secondary N) is 1. The van der Waals surface area contributed by atoms with E-state index in [0.29, 0.717) is 11.7 Å². The van der Waals surface area contributed by atoms with E-state index in [9.17, 15) is 14.9 Å². The lowest BCUT2D eigenvalue weighted by molar-refractivity contribution is -0.119. The molecule has 4 rings (SSSR count). The molecule has 1 fully saturated rings. The fourth-order valence-corrected chi connectivity index (χ4v) is 6.11. The molecule has 28 heavy (non-hydrogen) atoms. The van der Waals surface area contributed by atoms with Crippen LogP contribution in [0.4, 0.5) is 0 Å². The number of fused-ring (bicyclic) bond motifs is 3. The van der Waals surface area contributed by atoms with Crippen LogP contribution in [-0.4, -0.2) is 26.8 Å². The lowest BCUT2D eigenvalue weighted by Crippen LogP contribution is -2.47. The zero-order chi connectivity index (χ0) is 19.9. The van der Waals surface area contributed by atoms with Gasteiger partial charge in [0.2, 0.25) is 5.91 Å². The molecule has 2 aromatic heterocycles. The Balaban J connectivity index is 1.57. The first-order valence-corrected chi connectivity index (χ1v) is 11.7. The minimum absolute atomic E-state index is 0.00894. The average molecular weight is 417 g/mol. The van der Waals surface area contributed by atoms with Crippen molar-refractivity contribution in [2.75, 3.05) is 5.75 Å². The van der Waals surface area contributed by atoms with Crippen molar-refractivity contribution in [2.24, 2.45) is 5.92 Å². The van der Waals surface area contributed by atoms with Gasteiger partial charge in [0.1, 0.15) is 10.4 Å². The summed E-state index contributed by atoms with van der Waals surface area (Å²) in [5.74, 6) is 0.197. The van der Waals surface area contributed by atoms with Gasteiger partial charge in [0.25, 0.3) is 5.56 Å². The Morgan fingerprint density at radius 1 is 1.43 bits per heavy atom. The van der Waals surface area contributed by atoms with E-state index in [1.807, 2.05) is 6.92 Å². The van der Waals surface area contributed by atoms with Crippen LogP contribution < -0.4 is 10.9 Å². The van der Waals surface area contributed by atoms with E-state index in [4.69, 9.17) is 4.98 Å². The van der Waals surface area contributed by atoms with Crippen LogP contribution >= 0.6 is 23.1 Å². The van der Waals surface area contributed by atoms with Crippen molar-refractivity contribution >= 4 is 39.2 Å². The van der Waals surface area contributed by atoms with Crippen molar-refractivity contribution < 1.29 is 4.79 Å². The molecule has 2 aliphatic rings. The van der Waals surface area contributed by atoms with Crippen molar-refractivity contribution in [1.29, 1.82) is 5.26 Å². The molecule has 1 N–H and O–H groups in total. The van der Waals surface area contributed by atoms with Crippen LogP contribution in [0.3, 0.4) is 0 Å². The van der Waals surface area contributed by atoms with Gasteiger partial charge in [-0.25, -0.2) is 4.98 Å². The number of aromatic nitrogens is 2. The third-order valence-corrected chi connectivity index (χ3v) is 7.88. The van der Waals surface area contributed by atoms with Crippen LogP contribution in [0.2, 0.25) is 0 Å². The van der Waals surface area contributed by atoms with Crippen molar-refractivity contribution in [3.05, 3.63) is 20.8 Å². The maximum absolute atomic E-state index is 13.1. The first-order valence-electron chi connectivity index (χ1n) is 9.87. The molecule has 2 aromatic rings. The highest BCUT2D eigenvalue weighted by atomic mass is 32.2. The minimum atomic E-state index is -0.799. The molecular weight excluding hydrogens is 392 g/mol. The topological polar surface area (TPSA) is 87.8 Å². The maximum Gasteiger partial charge on any atom is 0.263 e. The number of hydrogen-bond donors (Lipinski definition) is 1. The van der Waals surface area contributed by atoms with Gasteiger partial charge in [-0.05, 0) is 63.9 Å². The second-order valence-corrected chi connectivity index (χ2v) is 9.79. The first kappa shape index (κ1) is 19.5. The number of aryl methyl sites for hydroxylation is 2. The molecule has 1 saturated carbocycles. The van der Waals surface area contributed by atoms with E-state index >= 15 is 0 Å². The Labute approximate surface area is 172 Å². The van der Waals surface area contributed by atoms with Gasteiger partial charge in [-0.3, -0.25) is 14.2 Å². The number of thioether (sulfide) groups is 1. The summed E-state index contributed by atoms with van der Waals surface area (Å²) >= 11 is 2.90. The van der Waals surface area contributed by atoms with Gasteiger partial charge in [0.05, 0.1) is 17.2 Å². The SMILES string of the molecule is CCn1c(SCC(=O)N[C@](C)(C#N)C2CC2)nc2sc3c(c2c1=O)CCCC3. The molecule has 1 atom stereocenters. The van der Waals surface area contributed by atoms with Crippen LogP contribution in [-0.2, 0) is 24.2 Å². The highest BCUT2D eigenvalue weighted by molar-refractivity contribution is 7.99. The average Bonchev–Trinajstić information content (AvgIpc) is 3.48. The van der Waals surface area contributed by atoms with E-state index in [0.717, 1.165) is 42.3 Å². The van der Waals surface area contributed by atoms with Gasteiger partial charge < -0.3 is 5.32 Å². The van der Waals surface area contributed by atoms with Crippen LogP contribution in [0.1, 0.15) is 50.0 Å². The third kappa shape index (κ3) is 3.46. The van der Waals surface area contributed by atoms with E-state index in [1.165, 1.54) is 28.6 Å². The Kier molecular flexibility index (Phi) is 5.23. The van der Waals surface area contributed by atoms with Gasteiger partial charge in [0, 0.05) is 11.4 Å². The summed E-state index contributed by atoms with van der Waals surface area (Å²) in [6, 6.07) is 2.24. The largest absolute Gasteiger partial charge is 0.337 e. The molecule has 0 unspecified atom stereocenters. The third-order valence-electron chi connectivity index (χ3n) is 5.71. The van der Waals surface area contributed by atoms with Crippen molar-refractivity contribution in [2.45, 2.75) is 69.6 Å². The summed E-state index contributed by atoms with van der Waals surface area (Å²) in [5, 5.41) is 13.7. The maximum atomic E-state index is 13.1. The normalized spacial score (nSPS) is 18.3. The molecule has 0 spiro atoms. The monoisotopic (exact) mass is 416 g/mol. The van der Waals surface area contributed by atoms with Crippen LogP contribution in [0.15, 0.2) is 9.95 Å². The molecule has 0 bridgehead atoms. The fourth-order valence-electron chi connectivity index (χ4n) is 3.95. The highest BCUT2D eigenvalue weighted by Crippen LogP contribution is 2.39. The lowest BCUT2D eigenvalue weighted by Gasteiger charge is -2.22. The number of rotatable bonds is 6. The van der Waals surface area contributed by atoms with Crippen LogP contribution in [0.25, 0.3) is 10.2 Å². The number of hydrogen-bond acceptors (Lipinski definition) is 6. The van der Waals surface area contributed by atoms with Crippen molar-refractivity contribution in [3.63, 3.8) is 0 Å². The fraction of sp³-hybridized carbons (Fsp3) is 0.600. The summed E-state index contributed by atoms with van der Waals surface area (Å²) in [5.41, 5.74) is 0.399. The molecule has 6 nitrogen and oxygen atoms in total. The van der Waals surface area contributed by atoms with Gasteiger partial charge in [-0.1, -0.05) is 11.8 Å². The van der Waals surface area contributed by atoms with Crippen molar-refractivity contribution in [1.82, 2.24) is 14.9 Å². The summed E-state index contributed by atoms with van der Waals surface area (Å²) in [6.45, 7) is 4.24. The number of thiophene rings is 1. The number of nitriles is 1. The van der Waals surface area contributed by atoms with Gasteiger partial charge >= 0.3 is 0 Å². The van der Waals surface area contributed by atoms with Gasteiger partial charge in [-0.15, -0.1) is 11.3 Å². The number of amides is 1. The van der Waals surface area contributed by atoms with E-state index in [-0.39, 0.29) is 23.1 Å². The molecule has 0 saturated heterocycles. The molecular formula is C20H24N4O2S2. The van der Waals surface area contributed by atoms with Crippen LogP contribution in [0, 0.1) is 17.2 Å². The van der Waals surface area contributed by atoms with E-state index in [1.54, 1.807) is 22.8 Å². The predicted octanol–water partition coefficient (Wildman–Crippen LogP) is 3.26. The Morgan fingerprint density at radius 3 is 2.86 bits per heavy atom. The molecule has 8 heteroatoms. The summed E-state index contributed by atoms with van der Waals surface area (Å²) in [4.78, 5) is 32.4. The first-order chi connectivity index (χ1) is 13.5. The number of nitrogens with zero attached hydrogens (tertiary/aromatic N) is 3.